The Morgan fingerprint density at radius 1 is 0.808 bits per heavy atom. The fourth-order valence-corrected chi connectivity index (χ4v) is 7.63. The van der Waals surface area contributed by atoms with Crippen molar-refractivity contribution in [2.24, 2.45) is 0 Å². The summed E-state index contributed by atoms with van der Waals surface area (Å²) < 4.78 is 0. The number of benzene rings is 3. The van der Waals surface area contributed by atoms with E-state index >= 15 is 0 Å². The van der Waals surface area contributed by atoms with Gasteiger partial charge in [0.1, 0.15) is 5.41 Å². The zero-order valence-corrected chi connectivity index (χ0v) is 16.1. The summed E-state index contributed by atoms with van der Waals surface area (Å²) in [6.07, 6.45) is 0. The van der Waals surface area contributed by atoms with Crippen LogP contribution in [0.1, 0.15) is 11.1 Å². The molecule has 0 saturated carbocycles. The second kappa shape index (κ2) is 5.96. The van der Waals surface area contributed by atoms with E-state index in [2.05, 4.69) is 37.4 Å². The number of aliphatic carboxylic acids is 1. The summed E-state index contributed by atoms with van der Waals surface area (Å²) in [7, 11) is -2.00. The van der Waals surface area contributed by atoms with Crippen molar-refractivity contribution in [3.8, 4) is 11.1 Å². The van der Waals surface area contributed by atoms with Crippen LogP contribution < -0.4 is 5.19 Å². The minimum absolute atomic E-state index is 0.646. The van der Waals surface area contributed by atoms with E-state index in [1.807, 2.05) is 54.6 Å². The van der Waals surface area contributed by atoms with Crippen molar-refractivity contribution in [2.45, 2.75) is 24.6 Å². The molecule has 3 aromatic carbocycles. The Labute approximate surface area is 155 Å². The quantitative estimate of drug-likeness (QED) is 0.689. The van der Waals surface area contributed by atoms with E-state index in [0.29, 0.717) is 6.04 Å². The molecule has 0 amide bonds. The van der Waals surface area contributed by atoms with Gasteiger partial charge >= 0.3 is 5.97 Å². The molecule has 0 heterocycles. The van der Waals surface area contributed by atoms with Crippen LogP contribution in [-0.2, 0) is 10.2 Å². The molecule has 1 aliphatic carbocycles. The summed E-state index contributed by atoms with van der Waals surface area (Å²) in [4.78, 5) is 12.8. The normalized spacial score (nSPS) is 14.5. The highest BCUT2D eigenvalue weighted by Crippen LogP contribution is 2.52. The van der Waals surface area contributed by atoms with Crippen molar-refractivity contribution in [3.63, 3.8) is 0 Å². The van der Waals surface area contributed by atoms with E-state index in [0.717, 1.165) is 22.3 Å². The molecule has 0 bridgehead atoms. The van der Waals surface area contributed by atoms with Gasteiger partial charge in [-0.05, 0) is 28.3 Å². The molecule has 0 aliphatic heterocycles. The van der Waals surface area contributed by atoms with Gasteiger partial charge in [-0.3, -0.25) is 4.79 Å². The molecule has 1 N–H and O–H groups in total. The van der Waals surface area contributed by atoms with E-state index in [1.54, 1.807) is 0 Å². The van der Waals surface area contributed by atoms with Crippen LogP contribution in [0, 0.1) is 0 Å². The molecule has 4 rings (SSSR count). The first kappa shape index (κ1) is 16.8. The Balaban J connectivity index is 1.95. The lowest BCUT2D eigenvalue weighted by molar-refractivity contribution is -0.141. The van der Waals surface area contributed by atoms with Crippen molar-refractivity contribution in [1.29, 1.82) is 0 Å². The SMILES string of the molecule is C[Si](C)(CC1(C(=O)O)c2ccccc2-c2ccccc21)c1ccccc1. The predicted molar refractivity (Wildman–Crippen MR) is 109 cm³/mol. The Hall–Kier alpha value is -2.65. The summed E-state index contributed by atoms with van der Waals surface area (Å²) in [6, 6.07) is 27.1. The van der Waals surface area contributed by atoms with Gasteiger partial charge in [-0.1, -0.05) is 97.1 Å². The van der Waals surface area contributed by atoms with E-state index in [1.165, 1.54) is 5.19 Å². The molecular weight excluding hydrogens is 336 g/mol. The van der Waals surface area contributed by atoms with E-state index in [9.17, 15) is 9.90 Å². The Morgan fingerprint density at radius 2 is 1.27 bits per heavy atom. The predicted octanol–water partition coefficient (Wildman–Crippen LogP) is 4.65. The van der Waals surface area contributed by atoms with Gasteiger partial charge in [0.15, 0.2) is 0 Å². The smallest absolute Gasteiger partial charge is 0.318 e. The maximum Gasteiger partial charge on any atom is 0.318 e. The molecule has 0 atom stereocenters. The largest absolute Gasteiger partial charge is 0.480 e. The van der Waals surface area contributed by atoms with Crippen LogP contribution in [0.25, 0.3) is 11.1 Å². The van der Waals surface area contributed by atoms with Crippen LogP contribution in [-0.4, -0.2) is 19.1 Å². The van der Waals surface area contributed by atoms with Gasteiger partial charge < -0.3 is 5.11 Å². The average Bonchev–Trinajstić information content (AvgIpc) is 2.94. The monoisotopic (exact) mass is 358 g/mol. The van der Waals surface area contributed by atoms with Crippen LogP contribution in [0.5, 0.6) is 0 Å². The zero-order chi connectivity index (χ0) is 18.4. The van der Waals surface area contributed by atoms with Gasteiger partial charge in [0.25, 0.3) is 0 Å². The second-order valence-corrected chi connectivity index (χ2v) is 12.4. The first-order valence-corrected chi connectivity index (χ1v) is 12.2. The van der Waals surface area contributed by atoms with E-state index < -0.39 is 19.5 Å². The molecule has 0 saturated heterocycles. The minimum Gasteiger partial charge on any atom is -0.480 e. The summed E-state index contributed by atoms with van der Waals surface area (Å²) >= 11 is 0. The standard InChI is InChI=1S/C23H22O2Si/c1-26(2,17-10-4-3-5-11-17)16-23(22(24)25)20-14-8-6-12-18(20)19-13-7-9-15-21(19)23/h3-15H,16H2,1-2H3,(H,24,25). The zero-order valence-electron chi connectivity index (χ0n) is 15.1. The molecule has 0 radical (unpaired) electrons. The Bertz CT molecular complexity index is 931. The lowest BCUT2D eigenvalue weighted by Gasteiger charge is -2.35. The number of carboxylic acid groups (broad SMARTS) is 1. The van der Waals surface area contributed by atoms with Gasteiger partial charge in [-0.15, -0.1) is 0 Å². The summed E-state index contributed by atoms with van der Waals surface area (Å²) in [5.41, 5.74) is 3.01. The third kappa shape index (κ3) is 2.35. The molecule has 0 aromatic heterocycles. The molecule has 3 aromatic rings. The third-order valence-corrected chi connectivity index (χ3v) is 9.00. The van der Waals surface area contributed by atoms with Crippen LogP contribution in [0.3, 0.4) is 0 Å². The number of hydrogen-bond acceptors (Lipinski definition) is 1. The molecule has 0 fully saturated rings. The molecule has 0 unspecified atom stereocenters. The summed E-state index contributed by atoms with van der Waals surface area (Å²) in [5, 5.41) is 11.8. The highest BCUT2D eigenvalue weighted by molar-refractivity contribution is 6.90. The maximum atomic E-state index is 12.8. The molecular formula is C23H22O2Si. The van der Waals surface area contributed by atoms with Crippen molar-refractivity contribution in [2.75, 3.05) is 0 Å². The van der Waals surface area contributed by atoms with Gasteiger partial charge in [-0.2, -0.15) is 0 Å². The highest BCUT2D eigenvalue weighted by atomic mass is 28.3. The van der Waals surface area contributed by atoms with Crippen LogP contribution in [0.4, 0.5) is 0 Å². The lowest BCUT2D eigenvalue weighted by Crippen LogP contribution is -2.50. The average molecular weight is 359 g/mol. The molecule has 130 valence electrons. The van der Waals surface area contributed by atoms with E-state index in [-0.39, 0.29) is 0 Å². The number of carbonyl (C=O) groups is 1. The Kier molecular flexibility index (Phi) is 3.85. The van der Waals surface area contributed by atoms with E-state index in [4.69, 9.17) is 0 Å². The topological polar surface area (TPSA) is 37.3 Å². The van der Waals surface area contributed by atoms with Crippen molar-refractivity contribution >= 4 is 19.2 Å². The van der Waals surface area contributed by atoms with Crippen LogP contribution in [0.15, 0.2) is 78.9 Å². The number of hydrogen-bond donors (Lipinski definition) is 1. The molecule has 0 spiro atoms. The first-order valence-electron chi connectivity index (χ1n) is 8.95. The molecule has 1 aliphatic rings. The number of fused-ring (bicyclic) bond motifs is 3. The first-order chi connectivity index (χ1) is 12.5. The second-order valence-electron chi connectivity index (χ2n) is 7.73. The van der Waals surface area contributed by atoms with Gasteiger partial charge in [0.05, 0.1) is 8.07 Å². The molecule has 3 heteroatoms. The maximum absolute atomic E-state index is 12.8. The van der Waals surface area contributed by atoms with Crippen molar-refractivity contribution in [3.05, 3.63) is 90.0 Å². The number of carboxylic acids is 1. The van der Waals surface area contributed by atoms with Gasteiger partial charge in [-0.25, -0.2) is 0 Å². The van der Waals surface area contributed by atoms with Crippen LogP contribution in [0.2, 0.25) is 19.1 Å². The highest BCUT2D eigenvalue weighted by Gasteiger charge is 2.52. The third-order valence-electron chi connectivity index (χ3n) is 5.69. The van der Waals surface area contributed by atoms with Gasteiger partial charge in [0, 0.05) is 0 Å². The summed E-state index contributed by atoms with van der Waals surface area (Å²) in [6.45, 7) is 4.55. The fraction of sp³-hybridized carbons (Fsp3) is 0.174. The number of rotatable bonds is 4. The molecule has 2 nitrogen and oxygen atoms in total. The van der Waals surface area contributed by atoms with Crippen molar-refractivity contribution in [1.82, 2.24) is 0 Å². The molecule has 26 heavy (non-hydrogen) atoms. The minimum atomic E-state index is -2.00. The van der Waals surface area contributed by atoms with Gasteiger partial charge in [0.2, 0.25) is 0 Å². The summed E-state index contributed by atoms with van der Waals surface area (Å²) in [5.74, 6) is -0.744. The lowest BCUT2D eigenvalue weighted by atomic mass is 9.80. The fourth-order valence-electron chi connectivity index (χ4n) is 4.48. The Morgan fingerprint density at radius 3 is 1.77 bits per heavy atom. The van der Waals surface area contributed by atoms with Crippen molar-refractivity contribution < 1.29 is 9.90 Å². The van der Waals surface area contributed by atoms with Crippen LogP contribution >= 0.6 is 0 Å².